The third-order valence-corrected chi connectivity index (χ3v) is 4.93. The molecule has 0 atom stereocenters. The molecule has 1 aliphatic heterocycles. The maximum atomic E-state index is 12.3. The van der Waals surface area contributed by atoms with E-state index in [1.54, 1.807) is 23.1 Å². The number of carbonyl (C=O) groups excluding carboxylic acids is 2. The summed E-state index contributed by atoms with van der Waals surface area (Å²) in [6, 6.07) is 5.01. The zero-order valence-electron chi connectivity index (χ0n) is 12.6. The number of ether oxygens (including phenoxy) is 1. The summed E-state index contributed by atoms with van der Waals surface area (Å²) in [5, 5.41) is 0. The number of carbonyl (C=O) groups is 2. The van der Waals surface area contributed by atoms with E-state index in [9.17, 15) is 9.59 Å². The number of nitrogens with zero attached hydrogens (tertiary/aromatic N) is 2. The van der Waals surface area contributed by atoms with Crippen molar-refractivity contribution in [3.05, 3.63) is 29.6 Å². The summed E-state index contributed by atoms with van der Waals surface area (Å²) >= 11 is 0. The molecule has 1 aromatic rings. The summed E-state index contributed by atoms with van der Waals surface area (Å²) in [5.74, 6) is 0.0711. The molecule has 3 aliphatic rings. The van der Waals surface area contributed by atoms with E-state index in [1.165, 1.54) is 0 Å². The third-order valence-electron chi connectivity index (χ3n) is 4.93. The lowest BCUT2D eigenvalue weighted by Crippen LogP contribution is -2.29. The monoisotopic (exact) mass is 300 g/mol. The zero-order chi connectivity index (χ0) is 15.2. The van der Waals surface area contributed by atoms with E-state index < -0.39 is 0 Å². The van der Waals surface area contributed by atoms with Crippen LogP contribution in [0.5, 0.6) is 0 Å². The van der Waals surface area contributed by atoms with Crippen LogP contribution in [-0.4, -0.2) is 40.5 Å². The van der Waals surface area contributed by atoms with Gasteiger partial charge in [0.05, 0.1) is 0 Å². The van der Waals surface area contributed by atoms with E-state index in [2.05, 4.69) is 4.98 Å². The van der Waals surface area contributed by atoms with Gasteiger partial charge in [-0.15, -0.1) is 0 Å². The number of rotatable bonds is 4. The quantitative estimate of drug-likeness (QED) is 0.801. The van der Waals surface area contributed by atoms with Crippen LogP contribution < -0.4 is 0 Å². The Kier molecular flexibility index (Phi) is 3.17. The first-order valence-electron chi connectivity index (χ1n) is 8.18. The molecule has 5 nitrogen and oxygen atoms in total. The fourth-order valence-electron chi connectivity index (χ4n) is 3.31. The predicted octanol–water partition coefficient (Wildman–Crippen LogP) is 2.42. The van der Waals surface area contributed by atoms with E-state index in [0.29, 0.717) is 11.6 Å². The predicted molar refractivity (Wildman–Crippen MR) is 79.5 cm³/mol. The average Bonchev–Trinajstić information content (AvgIpc) is 3.46. The molecule has 4 rings (SSSR count). The molecule has 1 amide bonds. The van der Waals surface area contributed by atoms with Gasteiger partial charge in [0.25, 0.3) is 5.91 Å². The highest BCUT2D eigenvalue weighted by molar-refractivity contribution is 5.94. The largest absolute Gasteiger partial charge is 0.454 e. The highest BCUT2D eigenvalue weighted by Crippen LogP contribution is 2.56. The van der Waals surface area contributed by atoms with Crippen LogP contribution in [0.4, 0.5) is 0 Å². The molecule has 1 aromatic heterocycles. The molecule has 0 unspecified atom stereocenters. The Bertz CT molecular complexity index is 614. The molecule has 22 heavy (non-hydrogen) atoms. The number of aromatic nitrogens is 1. The number of hydrogen-bond acceptors (Lipinski definition) is 4. The first kappa shape index (κ1) is 13.7. The lowest BCUT2D eigenvalue weighted by atomic mass is 10.2. The van der Waals surface area contributed by atoms with Crippen LogP contribution >= 0.6 is 0 Å². The standard InChI is InChI=1S/C17H20N2O3/c20-15(19-10-1-2-11-19)13-4-3-5-14(18-13)16(21)22-17(8-9-17)12-6-7-12/h3-5,12H,1-2,6-11H2. The van der Waals surface area contributed by atoms with Gasteiger partial charge in [-0.05, 0) is 56.6 Å². The molecule has 0 bridgehead atoms. The second kappa shape index (κ2) is 5.07. The Hall–Kier alpha value is -1.91. The molecular formula is C17H20N2O3. The maximum Gasteiger partial charge on any atom is 0.357 e. The molecule has 0 radical (unpaired) electrons. The second-order valence-electron chi connectivity index (χ2n) is 6.64. The van der Waals surface area contributed by atoms with Gasteiger partial charge in [0.1, 0.15) is 17.0 Å². The van der Waals surface area contributed by atoms with Gasteiger partial charge in [0.15, 0.2) is 0 Å². The average molecular weight is 300 g/mol. The topological polar surface area (TPSA) is 59.5 Å². The third kappa shape index (κ3) is 2.49. The summed E-state index contributed by atoms with van der Waals surface area (Å²) in [7, 11) is 0. The van der Waals surface area contributed by atoms with E-state index in [1.807, 2.05) is 0 Å². The van der Waals surface area contributed by atoms with Gasteiger partial charge < -0.3 is 9.64 Å². The van der Waals surface area contributed by atoms with E-state index in [4.69, 9.17) is 4.74 Å². The Morgan fingerprint density at radius 3 is 2.45 bits per heavy atom. The van der Waals surface area contributed by atoms with Crippen LogP contribution in [-0.2, 0) is 4.74 Å². The Labute approximate surface area is 129 Å². The van der Waals surface area contributed by atoms with Gasteiger partial charge >= 0.3 is 5.97 Å². The van der Waals surface area contributed by atoms with Crippen molar-refractivity contribution in [3.63, 3.8) is 0 Å². The van der Waals surface area contributed by atoms with Crippen molar-refractivity contribution in [3.8, 4) is 0 Å². The van der Waals surface area contributed by atoms with Crippen LogP contribution in [0, 0.1) is 5.92 Å². The number of likely N-dealkylation sites (tertiary alicyclic amines) is 1. The molecule has 0 aromatic carbocycles. The van der Waals surface area contributed by atoms with Crippen molar-refractivity contribution in [2.24, 2.45) is 5.92 Å². The highest BCUT2D eigenvalue weighted by Gasteiger charge is 2.57. The summed E-state index contributed by atoms with van der Waals surface area (Å²) < 4.78 is 5.69. The van der Waals surface area contributed by atoms with Gasteiger partial charge in [-0.2, -0.15) is 0 Å². The summed E-state index contributed by atoms with van der Waals surface area (Å²) in [5.41, 5.74) is 0.373. The second-order valence-corrected chi connectivity index (χ2v) is 6.64. The minimum Gasteiger partial charge on any atom is -0.454 e. The van der Waals surface area contributed by atoms with Crippen molar-refractivity contribution in [2.75, 3.05) is 13.1 Å². The molecule has 1 saturated heterocycles. The fraction of sp³-hybridized carbons (Fsp3) is 0.588. The molecule has 0 spiro atoms. The van der Waals surface area contributed by atoms with Crippen LogP contribution in [0.2, 0.25) is 0 Å². The Morgan fingerprint density at radius 1 is 1.14 bits per heavy atom. The van der Waals surface area contributed by atoms with Gasteiger partial charge in [-0.3, -0.25) is 4.79 Å². The van der Waals surface area contributed by atoms with Gasteiger partial charge in [0.2, 0.25) is 0 Å². The smallest absolute Gasteiger partial charge is 0.357 e. The van der Waals surface area contributed by atoms with Crippen molar-refractivity contribution in [1.29, 1.82) is 0 Å². The molecule has 2 saturated carbocycles. The first-order valence-corrected chi connectivity index (χ1v) is 8.18. The van der Waals surface area contributed by atoms with Crippen LogP contribution in [0.3, 0.4) is 0 Å². The SMILES string of the molecule is O=C(OC1(C2CC2)CC1)c1cccc(C(=O)N2CCCC2)n1. The van der Waals surface area contributed by atoms with Gasteiger partial charge in [-0.25, -0.2) is 9.78 Å². The Balaban J connectivity index is 1.48. The van der Waals surface area contributed by atoms with Crippen LogP contribution in [0.15, 0.2) is 18.2 Å². The van der Waals surface area contributed by atoms with E-state index in [0.717, 1.165) is 51.6 Å². The number of hydrogen-bond donors (Lipinski definition) is 0. The molecular weight excluding hydrogens is 280 g/mol. The van der Waals surface area contributed by atoms with Gasteiger partial charge in [0, 0.05) is 13.1 Å². The molecule has 2 heterocycles. The normalized spacial score (nSPS) is 22.5. The van der Waals surface area contributed by atoms with Crippen LogP contribution in [0.25, 0.3) is 0 Å². The molecule has 5 heteroatoms. The lowest BCUT2D eigenvalue weighted by Gasteiger charge is -2.17. The molecule has 2 aliphatic carbocycles. The molecule has 116 valence electrons. The maximum absolute atomic E-state index is 12.3. The summed E-state index contributed by atoms with van der Waals surface area (Å²) in [6.07, 6.45) is 6.34. The van der Waals surface area contributed by atoms with E-state index >= 15 is 0 Å². The molecule has 0 N–H and O–H groups in total. The fourth-order valence-corrected chi connectivity index (χ4v) is 3.31. The molecule has 3 fully saturated rings. The highest BCUT2D eigenvalue weighted by atomic mass is 16.6. The van der Waals surface area contributed by atoms with Crippen molar-refractivity contribution in [2.45, 2.75) is 44.1 Å². The Morgan fingerprint density at radius 2 is 1.82 bits per heavy atom. The van der Waals surface area contributed by atoms with E-state index in [-0.39, 0.29) is 23.2 Å². The minimum atomic E-state index is -0.388. The summed E-state index contributed by atoms with van der Waals surface area (Å²) in [6.45, 7) is 1.56. The zero-order valence-corrected chi connectivity index (χ0v) is 12.6. The minimum absolute atomic E-state index is 0.0875. The number of esters is 1. The number of pyridine rings is 1. The van der Waals surface area contributed by atoms with Crippen molar-refractivity contribution >= 4 is 11.9 Å². The first-order chi connectivity index (χ1) is 10.7. The van der Waals surface area contributed by atoms with Gasteiger partial charge in [-0.1, -0.05) is 6.07 Å². The van der Waals surface area contributed by atoms with Crippen LogP contribution in [0.1, 0.15) is 59.5 Å². The summed E-state index contributed by atoms with van der Waals surface area (Å²) in [4.78, 5) is 30.7. The van der Waals surface area contributed by atoms with Crippen molar-refractivity contribution < 1.29 is 14.3 Å². The van der Waals surface area contributed by atoms with Crippen molar-refractivity contribution in [1.82, 2.24) is 9.88 Å². The number of amides is 1. The lowest BCUT2D eigenvalue weighted by molar-refractivity contribution is 0.0153.